The molecule has 3 rings (SSSR count). The third-order valence-electron chi connectivity index (χ3n) is 4.49. The first-order chi connectivity index (χ1) is 11.2. The average molecular weight is 322 g/mol. The van der Waals surface area contributed by atoms with Crippen molar-refractivity contribution in [1.29, 1.82) is 0 Å². The van der Waals surface area contributed by atoms with E-state index in [0.717, 1.165) is 5.56 Å². The van der Waals surface area contributed by atoms with E-state index in [1.807, 2.05) is 18.2 Å². The molecule has 0 heterocycles. The van der Waals surface area contributed by atoms with Crippen LogP contribution in [0.5, 0.6) is 0 Å². The molecule has 3 aromatic rings. The lowest BCUT2D eigenvalue weighted by molar-refractivity contribution is 0.425. The van der Waals surface area contributed by atoms with Crippen molar-refractivity contribution in [3.63, 3.8) is 0 Å². The molecule has 0 spiro atoms. The van der Waals surface area contributed by atoms with E-state index in [1.54, 1.807) is 24.3 Å². The SMILES string of the molecule is CC(C)(C)c1ccc2c(B(O)O)c3ccccc3c(B(O)O)c2c1. The van der Waals surface area contributed by atoms with E-state index in [9.17, 15) is 20.1 Å². The molecule has 0 atom stereocenters. The Bertz CT molecular complexity index is 914. The molecule has 0 aromatic heterocycles. The Morgan fingerprint density at radius 2 is 1.12 bits per heavy atom. The normalized spacial score (nSPS) is 12.0. The third-order valence-corrected chi connectivity index (χ3v) is 4.49. The van der Waals surface area contributed by atoms with Gasteiger partial charge in [0.15, 0.2) is 0 Å². The largest absolute Gasteiger partial charge is 0.489 e. The highest BCUT2D eigenvalue weighted by Crippen LogP contribution is 2.27. The predicted octanol–water partition coefficient (Wildman–Crippen LogP) is 0.650. The number of benzene rings is 3. The molecule has 0 amide bonds. The number of rotatable bonds is 2. The minimum absolute atomic E-state index is 0.116. The van der Waals surface area contributed by atoms with Crippen molar-refractivity contribution in [2.45, 2.75) is 26.2 Å². The summed E-state index contributed by atoms with van der Waals surface area (Å²) in [6.45, 7) is 6.23. The summed E-state index contributed by atoms with van der Waals surface area (Å²) in [7, 11) is -3.31. The second-order valence-corrected chi connectivity index (χ2v) is 7.13. The van der Waals surface area contributed by atoms with Crippen LogP contribution in [-0.2, 0) is 5.41 Å². The summed E-state index contributed by atoms with van der Waals surface area (Å²) in [5, 5.41) is 42.2. The van der Waals surface area contributed by atoms with Gasteiger partial charge >= 0.3 is 14.2 Å². The molecule has 24 heavy (non-hydrogen) atoms. The molecule has 0 fully saturated rings. The summed E-state index contributed by atoms with van der Waals surface area (Å²) in [4.78, 5) is 0. The van der Waals surface area contributed by atoms with Crippen LogP contribution in [-0.4, -0.2) is 34.3 Å². The van der Waals surface area contributed by atoms with Crippen molar-refractivity contribution in [1.82, 2.24) is 0 Å². The van der Waals surface area contributed by atoms with Crippen LogP contribution in [0.3, 0.4) is 0 Å². The first-order valence-electron chi connectivity index (χ1n) is 7.93. The van der Waals surface area contributed by atoms with E-state index >= 15 is 0 Å². The van der Waals surface area contributed by atoms with Crippen molar-refractivity contribution >= 4 is 46.7 Å². The fraction of sp³-hybridized carbons (Fsp3) is 0.222. The molecule has 6 heteroatoms. The Balaban J connectivity index is 2.56. The molecule has 4 N–H and O–H groups in total. The molecule has 0 aliphatic carbocycles. The molecule has 0 aliphatic rings. The maximum absolute atomic E-state index is 9.97. The van der Waals surface area contributed by atoms with E-state index in [-0.39, 0.29) is 5.41 Å². The maximum Gasteiger partial charge on any atom is 0.489 e. The van der Waals surface area contributed by atoms with E-state index in [1.165, 1.54) is 0 Å². The Kier molecular flexibility index (Phi) is 4.18. The lowest BCUT2D eigenvalue weighted by Gasteiger charge is -2.22. The van der Waals surface area contributed by atoms with Crippen LogP contribution in [0, 0.1) is 0 Å². The van der Waals surface area contributed by atoms with E-state index in [4.69, 9.17) is 0 Å². The van der Waals surface area contributed by atoms with Crippen LogP contribution < -0.4 is 10.9 Å². The van der Waals surface area contributed by atoms with Crippen molar-refractivity contribution in [3.8, 4) is 0 Å². The molecule has 0 saturated carbocycles. The lowest BCUT2D eigenvalue weighted by atomic mass is 9.66. The molecule has 0 bridgehead atoms. The molecule has 0 aliphatic heterocycles. The maximum atomic E-state index is 9.97. The Morgan fingerprint density at radius 1 is 0.667 bits per heavy atom. The smallest absolute Gasteiger partial charge is 0.423 e. The highest BCUT2D eigenvalue weighted by molar-refractivity contribution is 6.71. The van der Waals surface area contributed by atoms with Gasteiger partial charge in [0.1, 0.15) is 0 Å². The van der Waals surface area contributed by atoms with Gasteiger partial charge < -0.3 is 20.1 Å². The first kappa shape index (κ1) is 17.0. The minimum atomic E-state index is -1.66. The number of hydrogen-bond donors (Lipinski definition) is 4. The fourth-order valence-electron chi connectivity index (χ4n) is 3.27. The van der Waals surface area contributed by atoms with Crippen molar-refractivity contribution in [2.24, 2.45) is 0 Å². The second-order valence-electron chi connectivity index (χ2n) is 7.13. The summed E-state index contributed by atoms with van der Waals surface area (Å²) in [6, 6.07) is 12.8. The van der Waals surface area contributed by atoms with Gasteiger partial charge in [0.2, 0.25) is 0 Å². The van der Waals surface area contributed by atoms with Gasteiger partial charge in [0.25, 0.3) is 0 Å². The zero-order valence-corrected chi connectivity index (χ0v) is 14.0. The minimum Gasteiger partial charge on any atom is -0.423 e. The Morgan fingerprint density at radius 3 is 1.58 bits per heavy atom. The van der Waals surface area contributed by atoms with Crippen LogP contribution in [0.25, 0.3) is 21.5 Å². The summed E-state index contributed by atoms with van der Waals surface area (Å²) in [6.07, 6.45) is 0. The quantitative estimate of drug-likeness (QED) is 0.413. The molecule has 0 saturated heterocycles. The van der Waals surface area contributed by atoms with E-state index in [2.05, 4.69) is 20.8 Å². The molecular formula is C18H20B2O4. The molecule has 0 unspecified atom stereocenters. The van der Waals surface area contributed by atoms with Crippen LogP contribution in [0.2, 0.25) is 0 Å². The Hall–Kier alpha value is -1.85. The second kappa shape index (κ2) is 5.90. The van der Waals surface area contributed by atoms with Gasteiger partial charge in [-0.05, 0) is 43.4 Å². The summed E-state index contributed by atoms with van der Waals surface area (Å²) >= 11 is 0. The number of fused-ring (bicyclic) bond motifs is 2. The topological polar surface area (TPSA) is 80.9 Å². The molecule has 3 aromatic carbocycles. The lowest BCUT2D eigenvalue weighted by Crippen LogP contribution is -2.38. The van der Waals surface area contributed by atoms with Crippen LogP contribution in [0.4, 0.5) is 0 Å². The Labute approximate surface area is 141 Å². The highest BCUT2D eigenvalue weighted by atomic mass is 16.4. The summed E-state index contributed by atoms with van der Waals surface area (Å²) < 4.78 is 0. The highest BCUT2D eigenvalue weighted by Gasteiger charge is 2.27. The number of hydrogen-bond acceptors (Lipinski definition) is 4. The van der Waals surface area contributed by atoms with Gasteiger partial charge in [-0.2, -0.15) is 0 Å². The molecular weight excluding hydrogens is 302 g/mol. The van der Waals surface area contributed by atoms with Crippen LogP contribution in [0.1, 0.15) is 26.3 Å². The average Bonchev–Trinajstić information content (AvgIpc) is 2.50. The third kappa shape index (κ3) is 2.72. The van der Waals surface area contributed by atoms with Gasteiger partial charge in [-0.15, -0.1) is 0 Å². The summed E-state index contributed by atoms with van der Waals surface area (Å²) in [5.74, 6) is 0. The fourth-order valence-corrected chi connectivity index (χ4v) is 3.27. The van der Waals surface area contributed by atoms with Crippen molar-refractivity contribution < 1.29 is 20.1 Å². The van der Waals surface area contributed by atoms with Crippen molar-refractivity contribution in [2.75, 3.05) is 0 Å². The molecule has 122 valence electrons. The van der Waals surface area contributed by atoms with Gasteiger partial charge in [-0.1, -0.05) is 63.2 Å². The molecule has 4 nitrogen and oxygen atoms in total. The van der Waals surface area contributed by atoms with Crippen LogP contribution >= 0.6 is 0 Å². The van der Waals surface area contributed by atoms with Gasteiger partial charge in [0.05, 0.1) is 0 Å². The van der Waals surface area contributed by atoms with Gasteiger partial charge in [-0.3, -0.25) is 0 Å². The van der Waals surface area contributed by atoms with Crippen LogP contribution in [0.15, 0.2) is 42.5 Å². The molecule has 0 radical (unpaired) electrons. The first-order valence-corrected chi connectivity index (χ1v) is 7.93. The van der Waals surface area contributed by atoms with Crippen molar-refractivity contribution in [3.05, 3.63) is 48.0 Å². The van der Waals surface area contributed by atoms with E-state index < -0.39 is 14.2 Å². The standard InChI is InChI=1S/C18H20B2O4/c1-18(2,3)11-8-9-14-15(10-11)17(20(23)24)13-7-5-4-6-12(13)16(14)19(21)22/h4-10,21-24H,1-3H3. The van der Waals surface area contributed by atoms with E-state index in [0.29, 0.717) is 32.5 Å². The van der Waals surface area contributed by atoms with Gasteiger partial charge in [-0.25, -0.2) is 0 Å². The zero-order valence-electron chi connectivity index (χ0n) is 14.0. The zero-order chi connectivity index (χ0) is 17.6. The predicted molar refractivity (Wildman–Crippen MR) is 99.8 cm³/mol. The van der Waals surface area contributed by atoms with Gasteiger partial charge in [0, 0.05) is 0 Å². The summed E-state index contributed by atoms with van der Waals surface area (Å²) in [5.41, 5.74) is 1.68. The monoisotopic (exact) mass is 322 g/mol.